The summed E-state index contributed by atoms with van der Waals surface area (Å²) in [5.41, 5.74) is 3.43. The van der Waals surface area contributed by atoms with Crippen molar-refractivity contribution in [2.24, 2.45) is 0 Å². The first-order chi connectivity index (χ1) is 15.1. The third kappa shape index (κ3) is 5.24. The van der Waals surface area contributed by atoms with Crippen LogP contribution in [0.2, 0.25) is 0 Å². The van der Waals surface area contributed by atoms with Crippen LogP contribution < -0.4 is 5.32 Å². The van der Waals surface area contributed by atoms with E-state index in [4.69, 9.17) is 0 Å². The van der Waals surface area contributed by atoms with Gasteiger partial charge in [-0.3, -0.25) is 9.59 Å². The molecule has 0 unspecified atom stereocenters. The molecule has 2 aromatic heterocycles. The molecule has 31 heavy (non-hydrogen) atoms. The molecule has 0 aliphatic rings. The zero-order chi connectivity index (χ0) is 21.6. The van der Waals surface area contributed by atoms with Crippen molar-refractivity contribution in [3.63, 3.8) is 0 Å². The second kappa shape index (κ2) is 9.94. The lowest BCUT2D eigenvalue weighted by molar-refractivity contribution is -0.120. The second-order valence-electron chi connectivity index (χ2n) is 7.22. The minimum Gasteiger partial charge on any atom is -0.361 e. The van der Waals surface area contributed by atoms with E-state index in [-0.39, 0.29) is 18.1 Å². The standard InChI is InChI=1S/C24H23N3O2S2/c1-30-12-10-20(27-24(29)18-7-8-19-17(13-18)9-11-25-19)22(28)14-23-26-21(15-31-23)16-5-3-2-4-6-16/h2-9,11,13,15,20,25H,10,12,14H2,1H3,(H,27,29)/t20-/m0/s1. The van der Waals surface area contributed by atoms with Gasteiger partial charge in [0, 0.05) is 33.6 Å². The summed E-state index contributed by atoms with van der Waals surface area (Å²) in [5, 5.41) is 6.65. The Bertz CT molecular complexity index is 1180. The number of carbonyl (C=O) groups excluding carboxylic acids is 2. The van der Waals surface area contributed by atoms with Gasteiger partial charge in [-0.05, 0) is 42.7 Å². The van der Waals surface area contributed by atoms with Crippen molar-refractivity contribution in [2.75, 3.05) is 12.0 Å². The molecular weight excluding hydrogens is 426 g/mol. The summed E-state index contributed by atoms with van der Waals surface area (Å²) >= 11 is 3.14. The molecule has 7 heteroatoms. The lowest BCUT2D eigenvalue weighted by atomic mass is 10.1. The Kier molecular flexibility index (Phi) is 6.84. The molecule has 4 aromatic rings. The lowest BCUT2D eigenvalue weighted by Gasteiger charge is -2.17. The fraction of sp³-hybridized carbons (Fsp3) is 0.208. The van der Waals surface area contributed by atoms with E-state index in [1.807, 2.05) is 66.4 Å². The third-order valence-corrected chi connectivity index (χ3v) is 6.56. The highest BCUT2D eigenvalue weighted by molar-refractivity contribution is 7.98. The van der Waals surface area contributed by atoms with Crippen LogP contribution in [0.15, 0.2) is 66.2 Å². The highest BCUT2D eigenvalue weighted by Crippen LogP contribution is 2.22. The van der Waals surface area contributed by atoms with Crippen molar-refractivity contribution in [3.8, 4) is 11.3 Å². The van der Waals surface area contributed by atoms with E-state index in [1.165, 1.54) is 11.3 Å². The molecule has 0 fully saturated rings. The fourth-order valence-corrected chi connectivity index (χ4v) is 4.68. The van der Waals surface area contributed by atoms with E-state index < -0.39 is 6.04 Å². The maximum atomic E-state index is 13.0. The van der Waals surface area contributed by atoms with Crippen molar-refractivity contribution in [3.05, 3.63) is 76.7 Å². The average molecular weight is 450 g/mol. The maximum absolute atomic E-state index is 13.0. The van der Waals surface area contributed by atoms with E-state index in [0.29, 0.717) is 12.0 Å². The third-order valence-electron chi connectivity index (χ3n) is 5.07. The number of benzene rings is 2. The highest BCUT2D eigenvalue weighted by Gasteiger charge is 2.22. The largest absolute Gasteiger partial charge is 0.361 e. The molecule has 4 rings (SSSR count). The molecular formula is C24H23N3O2S2. The number of fused-ring (bicyclic) bond motifs is 1. The van der Waals surface area contributed by atoms with Gasteiger partial charge in [0.1, 0.15) is 5.01 Å². The van der Waals surface area contributed by atoms with E-state index in [2.05, 4.69) is 15.3 Å². The molecule has 2 aromatic carbocycles. The van der Waals surface area contributed by atoms with E-state index in [1.54, 1.807) is 17.8 Å². The minimum absolute atomic E-state index is 0.0147. The van der Waals surface area contributed by atoms with Crippen LogP contribution >= 0.6 is 23.1 Å². The Morgan fingerprint density at radius 3 is 2.81 bits per heavy atom. The van der Waals surface area contributed by atoms with Gasteiger partial charge < -0.3 is 10.3 Å². The van der Waals surface area contributed by atoms with Gasteiger partial charge >= 0.3 is 0 Å². The van der Waals surface area contributed by atoms with Gasteiger partial charge in [-0.15, -0.1) is 11.3 Å². The van der Waals surface area contributed by atoms with Crippen LogP contribution in [0.5, 0.6) is 0 Å². The molecule has 2 N–H and O–H groups in total. The van der Waals surface area contributed by atoms with Gasteiger partial charge in [-0.1, -0.05) is 30.3 Å². The first kappa shape index (κ1) is 21.3. The lowest BCUT2D eigenvalue weighted by Crippen LogP contribution is -2.42. The number of thiazole rings is 1. The van der Waals surface area contributed by atoms with Gasteiger partial charge in [0.2, 0.25) is 0 Å². The molecule has 5 nitrogen and oxygen atoms in total. The summed E-state index contributed by atoms with van der Waals surface area (Å²) in [6, 6.07) is 16.8. The molecule has 0 saturated heterocycles. The number of rotatable bonds is 9. The van der Waals surface area contributed by atoms with Crippen molar-refractivity contribution < 1.29 is 9.59 Å². The van der Waals surface area contributed by atoms with Crippen molar-refractivity contribution in [2.45, 2.75) is 18.9 Å². The number of hydrogen-bond donors (Lipinski definition) is 2. The Labute approximate surface area is 189 Å². The number of H-pyrrole nitrogens is 1. The first-order valence-electron chi connectivity index (χ1n) is 10.0. The van der Waals surface area contributed by atoms with Crippen molar-refractivity contribution >= 4 is 45.7 Å². The zero-order valence-electron chi connectivity index (χ0n) is 17.1. The molecule has 0 radical (unpaired) electrons. The Morgan fingerprint density at radius 1 is 1.16 bits per heavy atom. The average Bonchev–Trinajstić information content (AvgIpc) is 3.46. The molecule has 0 saturated carbocycles. The summed E-state index contributed by atoms with van der Waals surface area (Å²) in [7, 11) is 0. The Hall–Kier alpha value is -2.90. The molecule has 2 heterocycles. The SMILES string of the molecule is CSCC[C@H](NC(=O)c1ccc2[nH]ccc2c1)C(=O)Cc1nc(-c2ccccc2)cs1. The smallest absolute Gasteiger partial charge is 0.251 e. The number of nitrogens with zero attached hydrogens (tertiary/aromatic N) is 1. The summed E-state index contributed by atoms with van der Waals surface area (Å²) in [6.45, 7) is 0. The quantitative estimate of drug-likeness (QED) is 0.379. The number of Topliss-reactive ketones (excluding diaryl/α,β-unsaturated/α-hetero) is 1. The van der Waals surface area contributed by atoms with Crippen LogP contribution in [0.1, 0.15) is 21.8 Å². The summed E-state index contributed by atoms with van der Waals surface area (Å²) < 4.78 is 0. The van der Waals surface area contributed by atoms with Gasteiger partial charge in [-0.2, -0.15) is 11.8 Å². The van der Waals surface area contributed by atoms with Gasteiger partial charge in [-0.25, -0.2) is 4.98 Å². The number of aromatic nitrogens is 2. The summed E-state index contributed by atoms with van der Waals surface area (Å²) in [5.74, 6) is 0.548. The zero-order valence-corrected chi connectivity index (χ0v) is 18.8. The molecule has 0 aliphatic carbocycles. The Balaban J connectivity index is 1.46. The highest BCUT2D eigenvalue weighted by atomic mass is 32.2. The monoisotopic (exact) mass is 449 g/mol. The van der Waals surface area contributed by atoms with E-state index >= 15 is 0 Å². The predicted octanol–water partition coefficient (Wildman–Crippen LogP) is 4.95. The van der Waals surface area contributed by atoms with E-state index in [0.717, 1.165) is 32.9 Å². The number of hydrogen-bond acceptors (Lipinski definition) is 5. The topological polar surface area (TPSA) is 74.8 Å². The molecule has 1 atom stereocenters. The number of amides is 1. The van der Waals surface area contributed by atoms with Crippen molar-refractivity contribution in [1.29, 1.82) is 0 Å². The number of aromatic amines is 1. The van der Waals surface area contributed by atoms with Crippen LogP contribution in [0.25, 0.3) is 22.2 Å². The number of ketones is 1. The van der Waals surface area contributed by atoms with E-state index in [9.17, 15) is 9.59 Å². The van der Waals surface area contributed by atoms with Crippen LogP contribution in [0, 0.1) is 0 Å². The summed E-state index contributed by atoms with van der Waals surface area (Å²) in [6.07, 6.45) is 4.65. The van der Waals surface area contributed by atoms with Crippen molar-refractivity contribution in [1.82, 2.24) is 15.3 Å². The molecule has 0 aliphatic heterocycles. The predicted molar refractivity (Wildman–Crippen MR) is 129 cm³/mol. The normalized spacial score (nSPS) is 12.0. The van der Waals surface area contributed by atoms with Crippen LogP contribution in [-0.4, -0.2) is 39.7 Å². The molecule has 158 valence electrons. The van der Waals surface area contributed by atoms with Gasteiger partial charge in [0.15, 0.2) is 5.78 Å². The molecule has 0 bridgehead atoms. The molecule has 0 spiro atoms. The minimum atomic E-state index is -0.536. The second-order valence-corrected chi connectivity index (χ2v) is 9.15. The maximum Gasteiger partial charge on any atom is 0.251 e. The van der Waals surface area contributed by atoms with Crippen LogP contribution in [-0.2, 0) is 11.2 Å². The van der Waals surface area contributed by atoms with Crippen LogP contribution in [0.4, 0.5) is 0 Å². The van der Waals surface area contributed by atoms with Gasteiger partial charge in [0.05, 0.1) is 18.2 Å². The number of nitrogens with one attached hydrogen (secondary N) is 2. The number of thioether (sulfide) groups is 1. The van der Waals surface area contributed by atoms with Crippen LogP contribution in [0.3, 0.4) is 0 Å². The first-order valence-corrected chi connectivity index (χ1v) is 12.3. The summed E-state index contributed by atoms with van der Waals surface area (Å²) in [4.78, 5) is 33.6. The Morgan fingerprint density at radius 2 is 2.00 bits per heavy atom. The van der Waals surface area contributed by atoms with Gasteiger partial charge in [0.25, 0.3) is 5.91 Å². The fourth-order valence-electron chi connectivity index (χ4n) is 3.39. The molecule has 1 amide bonds. The number of carbonyl (C=O) groups is 2.